The summed E-state index contributed by atoms with van der Waals surface area (Å²) in [5, 5.41) is 11.2. The van der Waals surface area contributed by atoms with Gasteiger partial charge in [-0.3, -0.25) is 0 Å². The Labute approximate surface area is 118 Å². The number of hydrogen-bond acceptors (Lipinski definition) is 2. The first-order valence-electron chi connectivity index (χ1n) is 7.36. The third kappa shape index (κ3) is 1.96. The first-order chi connectivity index (χ1) is 9.24. The average molecular weight is 279 g/mol. The van der Waals surface area contributed by atoms with E-state index in [2.05, 4.69) is 0 Å². The number of aliphatic hydroxyl groups excluding tert-OH is 1. The zero-order valence-electron chi connectivity index (χ0n) is 10.9. The van der Waals surface area contributed by atoms with Crippen molar-refractivity contribution in [3.8, 4) is 5.75 Å². The van der Waals surface area contributed by atoms with Crippen LogP contribution in [0.3, 0.4) is 0 Å². The summed E-state index contributed by atoms with van der Waals surface area (Å²) >= 11 is 6.17. The second-order valence-corrected chi connectivity index (χ2v) is 6.70. The molecule has 102 valence electrons. The number of benzene rings is 1. The highest BCUT2D eigenvalue weighted by atomic mass is 35.5. The van der Waals surface area contributed by atoms with Crippen LogP contribution in [-0.4, -0.2) is 17.8 Å². The fraction of sp³-hybridized carbons (Fsp3) is 0.625. The number of ether oxygens (including phenoxy) is 1. The van der Waals surface area contributed by atoms with Gasteiger partial charge in [-0.1, -0.05) is 18.0 Å². The van der Waals surface area contributed by atoms with Gasteiger partial charge in [0.2, 0.25) is 0 Å². The van der Waals surface area contributed by atoms with Crippen molar-refractivity contribution >= 4 is 11.6 Å². The number of halogens is 1. The van der Waals surface area contributed by atoms with E-state index in [0.29, 0.717) is 12.3 Å². The maximum atomic E-state index is 10.5. The van der Waals surface area contributed by atoms with Gasteiger partial charge in [-0.2, -0.15) is 0 Å². The Morgan fingerprint density at radius 2 is 2.11 bits per heavy atom. The van der Waals surface area contributed by atoms with Crippen LogP contribution in [0.15, 0.2) is 12.1 Å². The van der Waals surface area contributed by atoms with Gasteiger partial charge in [0.05, 0.1) is 12.7 Å². The van der Waals surface area contributed by atoms with Crippen LogP contribution in [0.5, 0.6) is 5.75 Å². The molecule has 4 rings (SSSR count). The largest absolute Gasteiger partial charge is 0.493 e. The molecule has 0 spiro atoms. The molecule has 0 radical (unpaired) electrons. The molecule has 0 bridgehead atoms. The van der Waals surface area contributed by atoms with Crippen molar-refractivity contribution in [3.05, 3.63) is 28.3 Å². The summed E-state index contributed by atoms with van der Waals surface area (Å²) in [7, 11) is 0. The molecule has 3 unspecified atom stereocenters. The predicted octanol–water partition coefficient (Wildman–Crippen LogP) is 3.22. The molecule has 2 aliphatic carbocycles. The summed E-state index contributed by atoms with van der Waals surface area (Å²) in [6.45, 7) is 0.744. The Bertz CT molecular complexity index is 504. The maximum absolute atomic E-state index is 10.5. The average Bonchev–Trinajstić information content (AvgIpc) is 2.79. The molecule has 1 aromatic carbocycles. The molecular formula is C16H19ClO2. The SMILES string of the molecule is OC(Cc1cc(Cl)cc2c1OCC2)C1C2CCCC21. The summed E-state index contributed by atoms with van der Waals surface area (Å²) < 4.78 is 5.71. The highest BCUT2D eigenvalue weighted by molar-refractivity contribution is 6.30. The third-order valence-corrected chi connectivity index (χ3v) is 5.39. The van der Waals surface area contributed by atoms with Gasteiger partial charge in [0.15, 0.2) is 0 Å². The van der Waals surface area contributed by atoms with Crippen molar-refractivity contribution in [1.82, 2.24) is 0 Å². The number of hydrogen-bond donors (Lipinski definition) is 1. The van der Waals surface area contributed by atoms with Gasteiger partial charge in [0.25, 0.3) is 0 Å². The molecule has 2 saturated carbocycles. The van der Waals surface area contributed by atoms with Crippen LogP contribution in [0.1, 0.15) is 30.4 Å². The van der Waals surface area contributed by atoms with Crippen LogP contribution < -0.4 is 4.74 Å². The Morgan fingerprint density at radius 3 is 2.89 bits per heavy atom. The number of fused-ring (bicyclic) bond motifs is 2. The summed E-state index contributed by atoms with van der Waals surface area (Å²) in [5.41, 5.74) is 2.29. The van der Waals surface area contributed by atoms with Crippen LogP contribution in [0.4, 0.5) is 0 Å². The second-order valence-electron chi connectivity index (χ2n) is 6.26. The molecule has 2 fully saturated rings. The van der Waals surface area contributed by atoms with Crippen LogP contribution in [0.25, 0.3) is 0 Å². The lowest BCUT2D eigenvalue weighted by Crippen LogP contribution is -2.16. The van der Waals surface area contributed by atoms with Crippen LogP contribution in [-0.2, 0) is 12.8 Å². The molecule has 3 aliphatic rings. The van der Waals surface area contributed by atoms with E-state index < -0.39 is 0 Å². The summed E-state index contributed by atoms with van der Waals surface area (Å²) in [4.78, 5) is 0. The van der Waals surface area contributed by atoms with E-state index in [0.717, 1.165) is 41.2 Å². The molecule has 1 aromatic rings. The Hall–Kier alpha value is -0.730. The van der Waals surface area contributed by atoms with E-state index in [1.54, 1.807) is 0 Å². The van der Waals surface area contributed by atoms with Crippen molar-refractivity contribution in [1.29, 1.82) is 0 Å². The van der Waals surface area contributed by atoms with Crippen molar-refractivity contribution in [3.63, 3.8) is 0 Å². The topological polar surface area (TPSA) is 29.5 Å². The first-order valence-corrected chi connectivity index (χ1v) is 7.74. The molecule has 1 N–H and O–H groups in total. The quantitative estimate of drug-likeness (QED) is 0.920. The third-order valence-electron chi connectivity index (χ3n) is 5.17. The highest BCUT2D eigenvalue weighted by Gasteiger charge is 2.55. The van der Waals surface area contributed by atoms with Gasteiger partial charge in [-0.05, 0) is 53.9 Å². The van der Waals surface area contributed by atoms with E-state index in [-0.39, 0.29) is 6.10 Å². The van der Waals surface area contributed by atoms with Crippen LogP contribution >= 0.6 is 11.6 Å². The summed E-state index contributed by atoms with van der Waals surface area (Å²) in [6.07, 6.45) is 5.40. The van der Waals surface area contributed by atoms with Gasteiger partial charge in [-0.15, -0.1) is 0 Å². The van der Waals surface area contributed by atoms with Crippen molar-refractivity contribution < 1.29 is 9.84 Å². The first kappa shape index (κ1) is 12.0. The normalized spacial score (nSPS) is 32.6. The minimum absolute atomic E-state index is 0.220. The van der Waals surface area contributed by atoms with Gasteiger partial charge >= 0.3 is 0 Å². The van der Waals surface area contributed by atoms with Gasteiger partial charge in [-0.25, -0.2) is 0 Å². The smallest absolute Gasteiger partial charge is 0.126 e. The molecule has 3 atom stereocenters. The zero-order valence-corrected chi connectivity index (χ0v) is 11.7. The van der Waals surface area contributed by atoms with E-state index in [4.69, 9.17) is 16.3 Å². The van der Waals surface area contributed by atoms with Crippen molar-refractivity contribution in [2.24, 2.45) is 17.8 Å². The minimum Gasteiger partial charge on any atom is -0.493 e. The number of aliphatic hydroxyl groups is 1. The van der Waals surface area contributed by atoms with Crippen molar-refractivity contribution in [2.75, 3.05) is 6.61 Å². The molecule has 0 amide bonds. The van der Waals surface area contributed by atoms with Gasteiger partial charge in [0, 0.05) is 17.9 Å². The minimum atomic E-state index is -0.220. The van der Waals surface area contributed by atoms with E-state index >= 15 is 0 Å². The summed E-state index contributed by atoms with van der Waals surface area (Å²) in [5.74, 6) is 3.10. The molecule has 19 heavy (non-hydrogen) atoms. The lowest BCUT2D eigenvalue weighted by atomic mass is 9.97. The number of rotatable bonds is 3. The lowest BCUT2D eigenvalue weighted by molar-refractivity contribution is 0.134. The van der Waals surface area contributed by atoms with E-state index in [9.17, 15) is 5.11 Å². The van der Waals surface area contributed by atoms with Gasteiger partial charge < -0.3 is 9.84 Å². The van der Waals surface area contributed by atoms with E-state index in [1.165, 1.54) is 24.8 Å². The molecule has 1 aliphatic heterocycles. The molecule has 1 heterocycles. The standard InChI is InChI=1S/C16H19ClO2/c17-11-6-9-4-5-19-16(9)10(7-11)8-14(18)15-12-2-1-3-13(12)15/h6-7,12-15,18H,1-5,8H2. The fourth-order valence-corrected chi connectivity index (χ4v) is 4.57. The van der Waals surface area contributed by atoms with Crippen LogP contribution in [0.2, 0.25) is 5.02 Å². The molecule has 0 saturated heterocycles. The van der Waals surface area contributed by atoms with Gasteiger partial charge in [0.1, 0.15) is 5.75 Å². The zero-order chi connectivity index (χ0) is 13.0. The van der Waals surface area contributed by atoms with Crippen molar-refractivity contribution in [2.45, 2.75) is 38.2 Å². The fourth-order valence-electron chi connectivity index (χ4n) is 4.31. The Balaban J connectivity index is 1.54. The Kier molecular flexibility index (Phi) is 2.78. The van der Waals surface area contributed by atoms with E-state index in [1.807, 2.05) is 12.1 Å². The Morgan fingerprint density at radius 1 is 1.32 bits per heavy atom. The summed E-state index contributed by atoms with van der Waals surface area (Å²) in [6, 6.07) is 3.96. The second kappa shape index (κ2) is 4.39. The lowest BCUT2D eigenvalue weighted by Gasteiger charge is -2.15. The molecule has 2 nitrogen and oxygen atoms in total. The predicted molar refractivity (Wildman–Crippen MR) is 74.7 cm³/mol. The maximum Gasteiger partial charge on any atom is 0.126 e. The molecular weight excluding hydrogens is 260 g/mol. The molecule has 0 aromatic heterocycles. The monoisotopic (exact) mass is 278 g/mol. The van der Waals surface area contributed by atoms with Crippen LogP contribution in [0, 0.1) is 17.8 Å². The highest BCUT2D eigenvalue weighted by Crippen LogP contribution is 2.59. The molecule has 3 heteroatoms.